The van der Waals surface area contributed by atoms with Crippen molar-refractivity contribution in [1.29, 1.82) is 0 Å². The maximum atomic E-state index is 13.3. The minimum Gasteiger partial charge on any atom is -0.481 e. The van der Waals surface area contributed by atoms with Crippen molar-refractivity contribution >= 4 is 58.3 Å². The SMILES string of the molecule is CC[C@H](C)[C@H](NC(=O)OC(C)(C)C)C(=O)N[C@H](CCC(=O)O)C(=O)NCC(=O)N[C@@H](CCCN=C(N)N)C(=O)Nc1ccc2c(C)cc(=O)oc2c1. The van der Waals surface area contributed by atoms with Gasteiger partial charge in [0.25, 0.3) is 0 Å². The first-order valence-corrected chi connectivity index (χ1v) is 16.8. The van der Waals surface area contributed by atoms with Crippen LogP contribution in [0.15, 0.2) is 38.5 Å². The van der Waals surface area contributed by atoms with E-state index in [-0.39, 0.29) is 43.0 Å². The Morgan fingerprint density at radius 1 is 0.962 bits per heavy atom. The summed E-state index contributed by atoms with van der Waals surface area (Å²) in [6.07, 6.45) is -0.827. The number of carboxylic acid groups (broad SMARTS) is 1. The Morgan fingerprint density at radius 3 is 2.25 bits per heavy atom. The lowest BCUT2D eigenvalue weighted by Gasteiger charge is -2.28. The zero-order valence-electron chi connectivity index (χ0n) is 30.3. The molecule has 2 rings (SSSR count). The van der Waals surface area contributed by atoms with E-state index in [1.807, 2.05) is 0 Å². The molecule has 1 aromatic heterocycles. The van der Waals surface area contributed by atoms with Gasteiger partial charge in [-0.25, -0.2) is 9.59 Å². The molecule has 1 aromatic carbocycles. The second-order valence-electron chi connectivity index (χ2n) is 13.2. The Labute approximate surface area is 300 Å². The fourth-order valence-electron chi connectivity index (χ4n) is 4.87. The van der Waals surface area contributed by atoms with Crippen LogP contribution < -0.4 is 43.7 Å². The third-order valence-electron chi connectivity index (χ3n) is 7.69. The molecule has 286 valence electrons. The van der Waals surface area contributed by atoms with Crippen molar-refractivity contribution < 1.29 is 43.0 Å². The van der Waals surface area contributed by atoms with Crippen LogP contribution in [0, 0.1) is 12.8 Å². The lowest BCUT2D eigenvalue weighted by atomic mass is 9.97. The van der Waals surface area contributed by atoms with Crippen molar-refractivity contribution in [2.45, 2.75) is 97.4 Å². The van der Waals surface area contributed by atoms with Crippen LogP contribution >= 0.6 is 0 Å². The van der Waals surface area contributed by atoms with E-state index < -0.39 is 83.9 Å². The standard InChI is InChI=1S/C34H50N8O10/c1-7-18(2)28(42-33(50)52-34(4,5)6)31(49)41-23(12-13-26(44)45)29(47)38-17-25(43)40-22(9-8-14-37-32(35)36)30(48)39-20-10-11-21-19(3)15-27(46)51-24(21)16-20/h10-11,15-16,18,22-23,28H,7-9,12-14,17H2,1-6H3,(H,38,47)(H,39,48)(H,40,43)(H,41,49)(H,42,50)(H,44,45)(H4,35,36,37)/t18-,22-,23+,28-/m0/s1. The van der Waals surface area contributed by atoms with Gasteiger partial charge in [0.1, 0.15) is 29.3 Å². The van der Waals surface area contributed by atoms with Crippen LogP contribution in [0.1, 0.15) is 72.3 Å². The first kappa shape index (κ1) is 42.5. The molecule has 52 heavy (non-hydrogen) atoms. The van der Waals surface area contributed by atoms with Crippen LogP contribution in [-0.4, -0.2) is 83.6 Å². The highest BCUT2D eigenvalue weighted by molar-refractivity contribution is 5.99. The molecule has 0 saturated heterocycles. The molecule has 1 heterocycles. The number of carbonyl (C=O) groups is 6. The van der Waals surface area contributed by atoms with Gasteiger partial charge in [-0.3, -0.25) is 29.0 Å². The summed E-state index contributed by atoms with van der Waals surface area (Å²) in [5.74, 6) is -4.80. The first-order valence-electron chi connectivity index (χ1n) is 16.8. The number of benzene rings is 1. The number of guanidine groups is 1. The molecule has 0 fully saturated rings. The maximum absolute atomic E-state index is 13.3. The van der Waals surface area contributed by atoms with Crippen molar-refractivity contribution in [3.63, 3.8) is 0 Å². The molecule has 0 aliphatic rings. The summed E-state index contributed by atoms with van der Waals surface area (Å²) in [6, 6.07) is 2.45. The highest BCUT2D eigenvalue weighted by Crippen LogP contribution is 2.21. The normalized spacial score (nSPS) is 13.4. The van der Waals surface area contributed by atoms with E-state index in [1.165, 1.54) is 12.1 Å². The van der Waals surface area contributed by atoms with Gasteiger partial charge in [0, 0.05) is 36.2 Å². The molecule has 0 radical (unpaired) electrons. The number of nitrogens with one attached hydrogen (secondary N) is 5. The Morgan fingerprint density at radius 2 is 1.63 bits per heavy atom. The largest absolute Gasteiger partial charge is 0.481 e. The third-order valence-corrected chi connectivity index (χ3v) is 7.69. The minimum atomic E-state index is -1.39. The lowest BCUT2D eigenvalue weighted by Crippen LogP contribution is -2.57. The van der Waals surface area contributed by atoms with Gasteiger partial charge in [0.15, 0.2) is 5.96 Å². The molecule has 0 aliphatic heterocycles. The summed E-state index contributed by atoms with van der Waals surface area (Å²) in [7, 11) is 0. The first-order chi connectivity index (χ1) is 24.3. The lowest BCUT2D eigenvalue weighted by molar-refractivity contribution is -0.138. The van der Waals surface area contributed by atoms with Gasteiger partial charge in [-0.05, 0) is 70.6 Å². The number of ether oxygens (including phenoxy) is 1. The van der Waals surface area contributed by atoms with Crippen molar-refractivity contribution in [2.75, 3.05) is 18.4 Å². The molecule has 0 bridgehead atoms. The van der Waals surface area contributed by atoms with E-state index in [9.17, 15) is 38.7 Å². The number of aliphatic imine (C=N–C) groups is 1. The number of fused-ring (bicyclic) bond motifs is 1. The fourth-order valence-corrected chi connectivity index (χ4v) is 4.87. The minimum absolute atomic E-state index is 0.0863. The maximum Gasteiger partial charge on any atom is 0.408 e. The Bertz CT molecular complexity index is 1700. The van der Waals surface area contributed by atoms with Crippen molar-refractivity contribution in [2.24, 2.45) is 22.4 Å². The number of carbonyl (C=O) groups excluding carboxylic acids is 5. The van der Waals surface area contributed by atoms with Crippen LogP contribution in [-0.2, 0) is 28.7 Å². The fraction of sp³-hybridized carbons (Fsp3) is 0.529. The number of alkyl carbamates (subject to hydrolysis) is 1. The molecule has 0 unspecified atom stereocenters. The van der Waals surface area contributed by atoms with Gasteiger partial charge < -0.3 is 52.3 Å². The Balaban J connectivity index is 2.17. The number of carboxylic acids is 1. The average molecular weight is 731 g/mol. The molecule has 18 heteroatoms. The summed E-state index contributed by atoms with van der Waals surface area (Å²) < 4.78 is 10.5. The van der Waals surface area contributed by atoms with Gasteiger partial charge in [-0.1, -0.05) is 20.3 Å². The van der Waals surface area contributed by atoms with Crippen LogP contribution in [0.4, 0.5) is 10.5 Å². The quantitative estimate of drug-likeness (QED) is 0.0461. The van der Waals surface area contributed by atoms with E-state index in [1.54, 1.807) is 53.7 Å². The smallest absolute Gasteiger partial charge is 0.408 e. The van der Waals surface area contributed by atoms with Crippen LogP contribution in [0.2, 0.25) is 0 Å². The number of nitrogens with two attached hydrogens (primary N) is 2. The van der Waals surface area contributed by atoms with E-state index in [4.69, 9.17) is 20.6 Å². The van der Waals surface area contributed by atoms with Crippen molar-refractivity contribution in [3.8, 4) is 0 Å². The van der Waals surface area contributed by atoms with Gasteiger partial charge in [-0.15, -0.1) is 0 Å². The molecular formula is C34H50N8O10. The molecule has 0 spiro atoms. The van der Waals surface area contributed by atoms with Crippen molar-refractivity contribution in [3.05, 3.63) is 40.2 Å². The molecule has 5 amide bonds. The van der Waals surface area contributed by atoms with E-state index in [2.05, 4.69) is 31.6 Å². The number of hydrogen-bond donors (Lipinski definition) is 8. The monoisotopic (exact) mass is 730 g/mol. The summed E-state index contributed by atoms with van der Waals surface area (Å²) in [5.41, 5.74) is 10.6. The highest BCUT2D eigenvalue weighted by Gasteiger charge is 2.32. The highest BCUT2D eigenvalue weighted by atomic mass is 16.6. The van der Waals surface area contributed by atoms with Gasteiger partial charge in [-0.2, -0.15) is 0 Å². The second-order valence-corrected chi connectivity index (χ2v) is 13.2. The number of hydrogen-bond acceptors (Lipinski definition) is 10. The summed E-state index contributed by atoms with van der Waals surface area (Å²) in [6.45, 7) is 9.73. The Kier molecular flexibility index (Phi) is 16.0. The van der Waals surface area contributed by atoms with E-state index in [0.29, 0.717) is 17.4 Å². The molecule has 18 nitrogen and oxygen atoms in total. The summed E-state index contributed by atoms with van der Waals surface area (Å²) in [4.78, 5) is 92.4. The van der Waals surface area contributed by atoms with Crippen LogP contribution in [0.25, 0.3) is 11.0 Å². The topological polar surface area (TPSA) is 287 Å². The average Bonchev–Trinajstić information content (AvgIpc) is 3.03. The zero-order chi connectivity index (χ0) is 39.2. The van der Waals surface area contributed by atoms with Gasteiger partial charge in [0.05, 0.1) is 6.54 Å². The second kappa shape index (κ2) is 19.6. The number of amides is 5. The summed E-state index contributed by atoms with van der Waals surface area (Å²) >= 11 is 0. The predicted octanol–water partition coefficient (Wildman–Crippen LogP) is 0.984. The van der Waals surface area contributed by atoms with E-state index in [0.717, 1.165) is 0 Å². The van der Waals surface area contributed by atoms with E-state index >= 15 is 0 Å². The summed E-state index contributed by atoms with van der Waals surface area (Å²) in [5, 5.41) is 22.5. The third kappa shape index (κ3) is 14.7. The number of aryl methyl sites for hydroxylation is 1. The van der Waals surface area contributed by atoms with Crippen LogP contribution in [0.3, 0.4) is 0 Å². The van der Waals surface area contributed by atoms with Gasteiger partial charge >= 0.3 is 17.7 Å². The predicted molar refractivity (Wildman–Crippen MR) is 192 cm³/mol. The molecule has 0 saturated carbocycles. The molecular weight excluding hydrogens is 680 g/mol. The number of nitrogens with zero attached hydrogens (tertiary/aromatic N) is 1. The molecule has 10 N–H and O–H groups in total. The van der Waals surface area contributed by atoms with Gasteiger partial charge in [0.2, 0.25) is 23.6 Å². The molecule has 0 aliphatic carbocycles. The Hall–Kier alpha value is -5.68. The number of rotatable bonds is 18. The number of aliphatic carboxylic acids is 1. The van der Waals surface area contributed by atoms with Crippen molar-refractivity contribution in [1.82, 2.24) is 21.3 Å². The van der Waals surface area contributed by atoms with Crippen LogP contribution in [0.5, 0.6) is 0 Å². The molecule has 2 aromatic rings. The number of anilines is 1. The zero-order valence-corrected chi connectivity index (χ0v) is 30.3. The molecule has 4 atom stereocenters.